The zero-order valence-electron chi connectivity index (χ0n) is 20.4. The number of amides is 2. The van der Waals surface area contributed by atoms with E-state index in [1.807, 2.05) is 88.4 Å². The second kappa shape index (κ2) is 9.56. The maximum Gasteiger partial charge on any atom is 0.282 e. The highest BCUT2D eigenvalue weighted by molar-refractivity contribution is 6.46. The van der Waals surface area contributed by atoms with Crippen LogP contribution in [0.3, 0.4) is 0 Å². The fourth-order valence-electron chi connectivity index (χ4n) is 4.15. The molecular formula is C29H30N2O3. The number of aryl methyl sites for hydroxylation is 3. The Labute approximate surface area is 201 Å². The van der Waals surface area contributed by atoms with Crippen LogP contribution in [0, 0.1) is 27.7 Å². The van der Waals surface area contributed by atoms with Crippen molar-refractivity contribution in [3.05, 3.63) is 94.2 Å². The number of rotatable bonds is 7. The van der Waals surface area contributed by atoms with Gasteiger partial charge < -0.3 is 10.1 Å². The number of anilines is 2. The molecule has 1 N–H and O–H groups in total. The molecule has 1 aliphatic heterocycles. The highest BCUT2D eigenvalue weighted by Gasteiger charge is 2.41. The van der Waals surface area contributed by atoms with Gasteiger partial charge >= 0.3 is 0 Å². The lowest BCUT2D eigenvalue weighted by Crippen LogP contribution is -2.33. The summed E-state index contributed by atoms with van der Waals surface area (Å²) in [6.45, 7) is 10.6. The van der Waals surface area contributed by atoms with E-state index in [0.717, 1.165) is 40.1 Å². The van der Waals surface area contributed by atoms with E-state index >= 15 is 0 Å². The van der Waals surface area contributed by atoms with Crippen molar-refractivity contribution in [3.63, 3.8) is 0 Å². The van der Waals surface area contributed by atoms with Gasteiger partial charge in [0.15, 0.2) is 0 Å². The maximum absolute atomic E-state index is 13.7. The molecular weight excluding hydrogens is 424 g/mol. The lowest BCUT2D eigenvalue weighted by Gasteiger charge is -2.18. The average molecular weight is 455 g/mol. The van der Waals surface area contributed by atoms with E-state index < -0.39 is 0 Å². The first-order valence-corrected chi connectivity index (χ1v) is 11.6. The van der Waals surface area contributed by atoms with Gasteiger partial charge in [-0.25, -0.2) is 4.90 Å². The SMILES string of the molecule is CCCOc1ccc(C2=C(Nc3cccc(C)c3C)C(=O)N(c3ccc(C)cc3C)C2=O)cc1. The zero-order valence-corrected chi connectivity index (χ0v) is 20.4. The van der Waals surface area contributed by atoms with Gasteiger partial charge in [-0.1, -0.05) is 48.9 Å². The van der Waals surface area contributed by atoms with Gasteiger partial charge in [0.2, 0.25) is 0 Å². The predicted molar refractivity (Wildman–Crippen MR) is 137 cm³/mol. The smallest absolute Gasteiger partial charge is 0.282 e. The summed E-state index contributed by atoms with van der Waals surface area (Å²) in [7, 11) is 0. The van der Waals surface area contributed by atoms with Crippen LogP contribution in [-0.4, -0.2) is 18.4 Å². The van der Waals surface area contributed by atoms with Crippen molar-refractivity contribution in [1.82, 2.24) is 0 Å². The quantitative estimate of drug-likeness (QED) is 0.438. The second-order valence-electron chi connectivity index (χ2n) is 8.73. The molecule has 2 amide bonds. The number of hydrogen-bond donors (Lipinski definition) is 1. The summed E-state index contributed by atoms with van der Waals surface area (Å²) in [5, 5.41) is 3.29. The summed E-state index contributed by atoms with van der Waals surface area (Å²) in [6.07, 6.45) is 0.911. The van der Waals surface area contributed by atoms with Crippen molar-refractivity contribution in [1.29, 1.82) is 0 Å². The van der Waals surface area contributed by atoms with E-state index in [1.54, 1.807) is 0 Å². The number of hydrogen-bond acceptors (Lipinski definition) is 4. The van der Waals surface area contributed by atoms with Gasteiger partial charge in [0.05, 0.1) is 17.9 Å². The summed E-state index contributed by atoms with van der Waals surface area (Å²) in [4.78, 5) is 28.7. The van der Waals surface area contributed by atoms with Crippen LogP contribution in [0.2, 0.25) is 0 Å². The average Bonchev–Trinajstić information content (AvgIpc) is 3.05. The zero-order chi connectivity index (χ0) is 24.4. The monoisotopic (exact) mass is 454 g/mol. The standard InChI is InChI=1S/C29H30N2O3/c1-6-16-34-23-13-11-22(12-14-23)26-27(30-24-9-7-8-19(3)21(24)5)29(33)31(28(26)32)25-15-10-18(2)17-20(25)4/h7-15,17,30H,6,16H2,1-5H3. The van der Waals surface area contributed by atoms with Crippen molar-refractivity contribution < 1.29 is 14.3 Å². The van der Waals surface area contributed by atoms with Crippen molar-refractivity contribution >= 4 is 28.8 Å². The minimum absolute atomic E-state index is 0.279. The molecule has 0 bridgehead atoms. The fourth-order valence-corrected chi connectivity index (χ4v) is 4.15. The Bertz CT molecular complexity index is 1290. The van der Waals surface area contributed by atoms with E-state index in [1.165, 1.54) is 4.90 Å². The molecule has 3 aromatic rings. The van der Waals surface area contributed by atoms with E-state index in [-0.39, 0.29) is 17.5 Å². The molecule has 0 aromatic heterocycles. The molecule has 34 heavy (non-hydrogen) atoms. The number of ether oxygens (including phenoxy) is 1. The molecule has 5 nitrogen and oxygen atoms in total. The highest BCUT2D eigenvalue weighted by Crippen LogP contribution is 2.36. The molecule has 4 rings (SSSR count). The van der Waals surface area contributed by atoms with E-state index in [2.05, 4.69) is 12.2 Å². The van der Waals surface area contributed by atoms with Crippen LogP contribution in [0.5, 0.6) is 5.75 Å². The van der Waals surface area contributed by atoms with Crippen molar-refractivity contribution in [2.45, 2.75) is 41.0 Å². The Hall–Kier alpha value is -3.86. The lowest BCUT2D eigenvalue weighted by molar-refractivity contribution is -0.120. The first kappa shape index (κ1) is 23.3. The Morgan fingerprint density at radius 1 is 0.853 bits per heavy atom. The molecule has 0 fully saturated rings. The van der Waals surface area contributed by atoms with Gasteiger partial charge in [-0.3, -0.25) is 9.59 Å². The molecule has 0 spiro atoms. The van der Waals surface area contributed by atoms with Gasteiger partial charge in [-0.05, 0) is 80.6 Å². The Balaban J connectivity index is 1.81. The minimum atomic E-state index is -0.362. The van der Waals surface area contributed by atoms with Gasteiger partial charge in [-0.15, -0.1) is 0 Å². The van der Waals surface area contributed by atoms with E-state index in [0.29, 0.717) is 23.4 Å². The van der Waals surface area contributed by atoms with Crippen LogP contribution in [0.15, 0.2) is 66.4 Å². The third kappa shape index (κ3) is 4.34. The molecule has 0 aliphatic carbocycles. The van der Waals surface area contributed by atoms with Crippen molar-refractivity contribution in [2.75, 3.05) is 16.8 Å². The number of nitrogens with zero attached hydrogens (tertiary/aromatic N) is 1. The summed E-state index contributed by atoms with van der Waals surface area (Å²) < 4.78 is 5.70. The third-order valence-electron chi connectivity index (χ3n) is 6.16. The molecule has 0 radical (unpaired) electrons. The maximum atomic E-state index is 13.7. The second-order valence-corrected chi connectivity index (χ2v) is 8.73. The molecule has 174 valence electrons. The Kier molecular flexibility index (Phi) is 6.55. The largest absolute Gasteiger partial charge is 0.494 e. The van der Waals surface area contributed by atoms with Crippen LogP contribution in [0.1, 0.15) is 41.2 Å². The van der Waals surface area contributed by atoms with Crippen molar-refractivity contribution in [3.8, 4) is 5.75 Å². The Morgan fingerprint density at radius 3 is 2.26 bits per heavy atom. The summed E-state index contributed by atoms with van der Waals surface area (Å²) in [5.41, 5.74) is 6.78. The summed E-state index contributed by atoms with van der Waals surface area (Å²) >= 11 is 0. The lowest BCUT2D eigenvalue weighted by atomic mass is 10.0. The molecule has 5 heteroatoms. The number of benzene rings is 3. The van der Waals surface area contributed by atoms with Gasteiger partial charge in [-0.2, -0.15) is 0 Å². The van der Waals surface area contributed by atoms with E-state index in [9.17, 15) is 9.59 Å². The first-order valence-electron chi connectivity index (χ1n) is 11.6. The number of carbonyl (C=O) groups is 2. The number of carbonyl (C=O) groups excluding carboxylic acids is 2. The molecule has 0 unspecified atom stereocenters. The molecule has 0 saturated heterocycles. The van der Waals surface area contributed by atoms with Crippen LogP contribution >= 0.6 is 0 Å². The number of imide groups is 1. The minimum Gasteiger partial charge on any atom is -0.494 e. The normalized spacial score (nSPS) is 13.6. The molecule has 3 aromatic carbocycles. The van der Waals surface area contributed by atoms with Crippen LogP contribution < -0.4 is 15.0 Å². The third-order valence-corrected chi connectivity index (χ3v) is 6.16. The van der Waals surface area contributed by atoms with Crippen LogP contribution in [0.4, 0.5) is 11.4 Å². The van der Waals surface area contributed by atoms with Gasteiger partial charge in [0.1, 0.15) is 11.4 Å². The summed E-state index contributed by atoms with van der Waals surface area (Å²) in [5.74, 6) is 0.0319. The first-order chi connectivity index (χ1) is 16.3. The summed E-state index contributed by atoms with van der Waals surface area (Å²) in [6, 6.07) is 19.0. The van der Waals surface area contributed by atoms with E-state index in [4.69, 9.17) is 4.74 Å². The molecule has 0 saturated carbocycles. The molecule has 1 aliphatic rings. The van der Waals surface area contributed by atoms with Crippen LogP contribution in [0.25, 0.3) is 5.57 Å². The molecule has 1 heterocycles. The van der Waals surface area contributed by atoms with Crippen LogP contribution in [-0.2, 0) is 9.59 Å². The fraction of sp³-hybridized carbons (Fsp3) is 0.241. The Morgan fingerprint density at radius 2 is 1.59 bits per heavy atom. The number of nitrogens with one attached hydrogen (secondary N) is 1. The topological polar surface area (TPSA) is 58.6 Å². The molecule has 0 atom stereocenters. The highest BCUT2D eigenvalue weighted by atomic mass is 16.5. The predicted octanol–water partition coefficient (Wildman–Crippen LogP) is 6.11. The van der Waals surface area contributed by atoms with Gasteiger partial charge in [0, 0.05) is 5.69 Å². The van der Waals surface area contributed by atoms with Crippen molar-refractivity contribution in [2.24, 2.45) is 0 Å². The van der Waals surface area contributed by atoms with Gasteiger partial charge in [0.25, 0.3) is 11.8 Å².